The number of nitrogens with zero attached hydrogens (tertiary/aromatic N) is 2. The highest BCUT2D eigenvalue weighted by Gasteiger charge is 2.02. The fourth-order valence-electron chi connectivity index (χ4n) is 1.46. The Hall–Kier alpha value is -1.26. The van der Waals surface area contributed by atoms with E-state index in [1.165, 1.54) is 0 Å². The number of halogens is 1. The summed E-state index contributed by atoms with van der Waals surface area (Å²) < 4.78 is 0. The molecule has 3 nitrogen and oxygen atoms in total. The molecule has 0 saturated heterocycles. The molecule has 1 heterocycles. The van der Waals surface area contributed by atoms with E-state index in [9.17, 15) is 0 Å². The molecule has 0 atom stereocenters. The second kappa shape index (κ2) is 6.61. The molecule has 0 aliphatic carbocycles. The molecule has 0 amide bonds. The van der Waals surface area contributed by atoms with Crippen LogP contribution in [0.15, 0.2) is 41.7 Å². The summed E-state index contributed by atoms with van der Waals surface area (Å²) in [5.41, 5.74) is 1.12. The molecule has 18 heavy (non-hydrogen) atoms. The zero-order chi connectivity index (χ0) is 12.8. The van der Waals surface area contributed by atoms with E-state index in [0.717, 1.165) is 33.7 Å². The molecule has 0 radical (unpaired) electrons. The summed E-state index contributed by atoms with van der Waals surface area (Å²) in [4.78, 5) is 8.38. The van der Waals surface area contributed by atoms with Gasteiger partial charge in [-0.1, -0.05) is 29.8 Å². The number of nitrogens with one attached hydrogen (secondary N) is 1. The predicted molar refractivity (Wildman–Crippen MR) is 77.2 cm³/mol. The first-order chi connectivity index (χ1) is 8.79. The van der Waals surface area contributed by atoms with E-state index < -0.39 is 0 Å². The van der Waals surface area contributed by atoms with Crippen molar-refractivity contribution in [3.05, 3.63) is 47.2 Å². The highest BCUT2D eigenvalue weighted by atomic mass is 35.5. The van der Waals surface area contributed by atoms with Crippen LogP contribution in [0.2, 0.25) is 5.02 Å². The van der Waals surface area contributed by atoms with Crippen LogP contribution in [0.1, 0.15) is 12.5 Å². The van der Waals surface area contributed by atoms with Gasteiger partial charge in [-0.3, -0.25) is 0 Å². The van der Waals surface area contributed by atoms with Gasteiger partial charge in [0.15, 0.2) is 0 Å². The van der Waals surface area contributed by atoms with Gasteiger partial charge in [0.25, 0.3) is 0 Å². The van der Waals surface area contributed by atoms with Gasteiger partial charge in [0, 0.05) is 23.4 Å². The van der Waals surface area contributed by atoms with Crippen molar-refractivity contribution in [2.24, 2.45) is 0 Å². The minimum absolute atomic E-state index is 0.797. The van der Waals surface area contributed by atoms with Gasteiger partial charge in [0.2, 0.25) is 0 Å². The van der Waals surface area contributed by atoms with Crippen LogP contribution in [-0.4, -0.2) is 16.5 Å². The number of rotatable bonds is 5. The van der Waals surface area contributed by atoms with E-state index in [1.54, 1.807) is 18.1 Å². The van der Waals surface area contributed by atoms with E-state index in [0.29, 0.717) is 0 Å². The smallest absolute Gasteiger partial charge is 0.130 e. The van der Waals surface area contributed by atoms with Crippen LogP contribution in [0.5, 0.6) is 0 Å². The van der Waals surface area contributed by atoms with Gasteiger partial charge in [-0.25, -0.2) is 9.97 Å². The number of benzene rings is 1. The maximum Gasteiger partial charge on any atom is 0.130 e. The van der Waals surface area contributed by atoms with Crippen molar-refractivity contribution in [1.82, 2.24) is 9.97 Å². The minimum Gasteiger partial charge on any atom is -0.370 e. The molecule has 0 unspecified atom stereocenters. The van der Waals surface area contributed by atoms with Crippen LogP contribution in [-0.2, 0) is 5.75 Å². The molecule has 2 rings (SSSR count). The van der Waals surface area contributed by atoms with Crippen LogP contribution >= 0.6 is 23.4 Å². The van der Waals surface area contributed by atoms with Crippen molar-refractivity contribution in [2.75, 3.05) is 11.9 Å². The van der Waals surface area contributed by atoms with Crippen molar-refractivity contribution >= 4 is 29.2 Å². The Bertz CT molecular complexity index is 519. The van der Waals surface area contributed by atoms with Crippen molar-refractivity contribution < 1.29 is 0 Å². The average molecular weight is 280 g/mol. The highest BCUT2D eigenvalue weighted by Crippen LogP contribution is 2.25. The Morgan fingerprint density at radius 3 is 2.89 bits per heavy atom. The molecule has 0 aliphatic heterocycles. The molecule has 1 aromatic heterocycles. The SMILES string of the molecule is CCNc1cc(SCc2ccccc2Cl)ncn1. The standard InChI is InChI=1S/C13H14ClN3S/c1-2-15-12-7-13(17-9-16-12)18-8-10-5-3-4-6-11(10)14/h3-7,9H,2,8H2,1H3,(H,15,16,17). The van der Waals surface area contributed by atoms with Gasteiger partial charge in [-0.2, -0.15) is 0 Å². The summed E-state index contributed by atoms with van der Waals surface area (Å²) in [6.45, 7) is 2.89. The molecule has 5 heteroatoms. The third-order valence-corrected chi connectivity index (χ3v) is 3.68. The van der Waals surface area contributed by atoms with Crippen molar-refractivity contribution in [3.8, 4) is 0 Å². The quantitative estimate of drug-likeness (QED) is 0.666. The molecule has 0 saturated carbocycles. The second-order valence-electron chi connectivity index (χ2n) is 3.65. The Labute approximate surface area is 116 Å². The molecular formula is C13H14ClN3S. The summed E-state index contributed by atoms with van der Waals surface area (Å²) in [6.07, 6.45) is 1.58. The zero-order valence-electron chi connectivity index (χ0n) is 10.1. The van der Waals surface area contributed by atoms with Gasteiger partial charge in [0.1, 0.15) is 17.2 Å². The first-order valence-electron chi connectivity index (χ1n) is 5.71. The van der Waals surface area contributed by atoms with Gasteiger partial charge >= 0.3 is 0 Å². The monoisotopic (exact) mass is 279 g/mol. The molecule has 0 bridgehead atoms. The van der Waals surface area contributed by atoms with Gasteiger partial charge < -0.3 is 5.32 Å². The number of thioether (sulfide) groups is 1. The normalized spacial score (nSPS) is 10.3. The lowest BCUT2D eigenvalue weighted by atomic mass is 10.2. The largest absolute Gasteiger partial charge is 0.370 e. The third-order valence-electron chi connectivity index (χ3n) is 2.33. The number of anilines is 1. The molecular weight excluding hydrogens is 266 g/mol. The van der Waals surface area contributed by atoms with E-state index in [2.05, 4.69) is 15.3 Å². The summed E-state index contributed by atoms with van der Waals surface area (Å²) in [5, 5.41) is 4.91. The van der Waals surface area contributed by atoms with Crippen LogP contribution in [0.25, 0.3) is 0 Å². The Morgan fingerprint density at radius 2 is 2.11 bits per heavy atom. The molecule has 1 N–H and O–H groups in total. The van der Waals surface area contributed by atoms with Crippen LogP contribution < -0.4 is 5.32 Å². The molecule has 0 aliphatic rings. The maximum atomic E-state index is 6.11. The number of hydrogen-bond donors (Lipinski definition) is 1. The van der Waals surface area contributed by atoms with Crippen molar-refractivity contribution in [2.45, 2.75) is 17.7 Å². The summed E-state index contributed by atoms with van der Waals surface area (Å²) >= 11 is 7.77. The number of aromatic nitrogens is 2. The third kappa shape index (κ3) is 3.62. The molecule has 94 valence electrons. The number of hydrogen-bond acceptors (Lipinski definition) is 4. The predicted octanol–water partition coefficient (Wildman–Crippen LogP) is 3.85. The summed E-state index contributed by atoms with van der Waals surface area (Å²) in [6, 6.07) is 9.81. The lowest BCUT2D eigenvalue weighted by Crippen LogP contribution is -1.99. The maximum absolute atomic E-state index is 6.11. The van der Waals surface area contributed by atoms with Gasteiger partial charge in [0.05, 0.1) is 0 Å². The summed E-state index contributed by atoms with van der Waals surface area (Å²) in [7, 11) is 0. The first kappa shape index (κ1) is 13.2. The Kier molecular flexibility index (Phi) is 4.84. The van der Waals surface area contributed by atoms with Crippen LogP contribution in [0.3, 0.4) is 0 Å². The van der Waals surface area contributed by atoms with E-state index in [-0.39, 0.29) is 0 Å². The topological polar surface area (TPSA) is 37.8 Å². The van der Waals surface area contributed by atoms with E-state index in [1.807, 2.05) is 37.3 Å². The average Bonchev–Trinajstić information content (AvgIpc) is 2.39. The Morgan fingerprint density at radius 1 is 1.28 bits per heavy atom. The highest BCUT2D eigenvalue weighted by molar-refractivity contribution is 7.98. The first-order valence-corrected chi connectivity index (χ1v) is 7.08. The lowest BCUT2D eigenvalue weighted by molar-refractivity contribution is 1.03. The molecule has 0 spiro atoms. The van der Waals surface area contributed by atoms with Crippen molar-refractivity contribution in [1.29, 1.82) is 0 Å². The Balaban J connectivity index is 2.02. The lowest BCUT2D eigenvalue weighted by Gasteiger charge is -2.05. The molecule has 1 aromatic carbocycles. The van der Waals surface area contributed by atoms with E-state index in [4.69, 9.17) is 11.6 Å². The van der Waals surface area contributed by atoms with E-state index >= 15 is 0 Å². The van der Waals surface area contributed by atoms with Gasteiger partial charge in [-0.05, 0) is 18.6 Å². The van der Waals surface area contributed by atoms with Gasteiger partial charge in [-0.15, -0.1) is 11.8 Å². The minimum atomic E-state index is 0.797. The van der Waals surface area contributed by atoms with Crippen LogP contribution in [0, 0.1) is 0 Å². The van der Waals surface area contributed by atoms with Crippen molar-refractivity contribution in [3.63, 3.8) is 0 Å². The molecule has 2 aromatic rings. The molecule has 0 fully saturated rings. The van der Waals surface area contributed by atoms with Crippen LogP contribution in [0.4, 0.5) is 5.82 Å². The second-order valence-corrected chi connectivity index (χ2v) is 5.05. The summed E-state index contributed by atoms with van der Waals surface area (Å²) in [5.74, 6) is 1.66. The zero-order valence-corrected chi connectivity index (χ0v) is 11.6. The fraction of sp³-hybridized carbons (Fsp3) is 0.231. The fourth-order valence-corrected chi connectivity index (χ4v) is 2.62.